The third-order valence-electron chi connectivity index (χ3n) is 2.76. The lowest BCUT2D eigenvalue weighted by molar-refractivity contribution is 0.553. The number of fused-ring (bicyclic) bond motifs is 1. The van der Waals surface area contributed by atoms with Crippen LogP contribution in [0.1, 0.15) is 23.8 Å². The topological polar surface area (TPSA) is 13.1 Å². The minimum Gasteiger partial charge on any atom is -0.464 e. The molecule has 0 bridgehead atoms. The quantitative estimate of drug-likeness (QED) is 0.676. The molecule has 1 nitrogen and oxygen atoms in total. The molecule has 0 aliphatic heterocycles. The molecular formula is C14H11O. The van der Waals surface area contributed by atoms with E-state index in [-0.39, 0.29) is 0 Å². The SMILES string of the molecule is CC1=C(c2ccco2)c2ccccc2[CH]1. The second-order valence-electron chi connectivity index (χ2n) is 3.77. The smallest absolute Gasteiger partial charge is 0.134 e. The predicted molar refractivity (Wildman–Crippen MR) is 60.2 cm³/mol. The fourth-order valence-electron chi connectivity index (χ4n) is 2.12. The van der Waals surface area contributed by atoms with E-state index in [0.717, 1.165) is 5.76 Å². The molecule has 1 heterocycles. The van der Waals surface area contributed by atoms with E-state index >= 15 is 0 Å². The van der Waals surface area contributed by atoms with Crippen molar-refractivity contribution < 1.29 is 4.42 Å². The van der Waals surface area contributed by atoms with Crippen LogP contribution in [0.4, 0.5) is 0 Å². The van der Waals surface area contributed by atoms with Crippen molar-refractivity contribution in [2.75, 3.05) is 0 Å². The van der Waals surface area contributed by atoms with Gasteiger partial charge in [0.25, 0.3) is 0 Å². The number of hydrogen-bond donors (Lipinski definition) is 0. The van der Waals surface area contributed by atoms with Crippen molar-refractivity contribution in [2.45, 2.75) is 6.92 Å². The predicted octanol–water partition coefficient (Wildman–Crippen LogP) is 3.67. The fraction of sp³-hybridized carbons (Fsp3) is 0.0714. The van der Waals surface area contributed by atoms with Gasteiger partial charge in [0.05, 0.1) is 6.26 Å². The molecular weight excluding hydrogens is 184 g/mol. The van der Waals surface area contributed by atoms with Gasteiger partial charge < -0.3 is 4.42 Å². The molecule has 0 amide bonds. The molecule has 1 aliphatic rings. The number of allylic oxidation sites excluding steroid dienone is 1. The zero-order valence-corrected chi connectivity index (χ0v) is 8.53. The van der Waals surface area contributed by atoms with Gasteiger partial charge in [0.2, 0.25) is 0 Å². The Balaban J connectivity index is 2.20. The first-order chi connectivity index (χ1) is 7.36. The highest BCUT2D eigenvalue weighted by atomic mass is 16.3. The van der Waals surface area contributed by atoms with Crippen LogP contribution in [0, 0.1) is 6.42 Å². The molecule has 1 aromatic carbocycles. The summed E-state index contributed by atoms with van der Waals surface area (Å²) in [6, 6.07) is 12.3. The standard InChI is InChI=1S/C14H11O/c1-10-9-11-5-2-3-6-12(11)14(10)13-7-4-8-15-13/h2-9H,1H3. The Kier molecular flexibility index (Phi) is 1.78. The summed E-state index contributed by atoms with van der Waals surface area (Å²) < 4.78 is 5.47. The molecule has 3 rings (SSSR count). The molecule has 0 unspecified atom stereocenters. The molecule has 0 saturated carbocycles. The van der Waals surface area contributed by atoms with Crippen molar-refractivity contribution >= 4 is 5.57 Å². The van der Waals surface area contributed by atoms with E-state index in [9.17, 15) is 0 Å². The molecule has 1 aliphatic carbocycles. The van der Waals surface area contributed by atoms with Gasteiger partial charge in [0.15, 0.2) is 0 Å². The summed E-state index contributed by atoms with van der Waals surface area (Å²) in [4.78, 5) is 0. The molecule has 0 saturated heterocycles. The van der Waals surface area contributed by atoms with Crippen LogP contribution < -0.4 is 0 Å². The van der Waals surface area contributed by atoms with Gasteiger partial charge >= 0.3 is 0 Å². The van der Waals surface area contributed by atoms with Crippen molar-refractivity contribution in [1.29, 1.82) is 0 Å². The van der Waals surface area contributed by atoms with Gasteiger partial charge in [-0.1, -0.05) is 29.8 Å². The normalized spacial score (nSPS) is 14.5. The molecule has 1 aromatic heterocycles. The van der Waals surface area contributed by atoms with Crippen LogP contribution in [0.5, 0.6) is 0 Å². The first kappa shape index (κ1) is 8.54. The van der Waals surface area contributed by atoms with Crippen LogP contribution in [0.2, 0.25) is 0 Å². The maximum atomic E-state index is 5.47. The molecule has 0 atom stereocenters. The summed E-state index contributed by atoms with van der Waals surface area (Å²) in [5, 5.41) is 0. The Bertz CT molecular complexity index is 518. The van der Waals surface area contributed by atoms with Crippen LogP contribution in [0.25, 0.3) is 5.57 Å². The highest BCUT2D eigenvalue weighted by Gasteiger charge is 2.21. The zero-order valence-electron chi connectivity index (χ0n) is 8.53. The Morgan fingerprint density at radius 2 is 1.87 bits per heavy atom. The lowest BCUT2D eigenvalue weighted by atomic mass is 10.0. The molecule has 0 spiro atoms. The van der Waals surface area contributed by atoms with Gasteiger partial charge in [-0.25, -0.2) is 0 Å². The van der Waals surface area contributed by atoms with Crippen molar-refractivity contribution in [1.82, 2.24) is 0 Å². The van der Waals surface area contributed by atoms with Crippen LogP contribution in [0.3, 0.4) is 0 Å². The molecule has 1 radical (unpaired) electrons. The lowest BCUT2D eigenvalue weighted by Crippen LogP contribution is -1.83. The molecule has 0 N–H and O–H groups in total. The maximum absolute atomic E-state index is 5.47. The third kappa shape index (κ3) is 1.23. The molecule has 1 heteroatoms. The summed E-state index contributed by atoms with van der Waals surface area (Å²) in [5.74, 6) is 0.953. The largest absolute Gasteiger partial charge is 0.464 e. The monoisotopic (exact) mass is 195 g/mol. The highest BCUT2D eigenvalue weighted by molar-refractivity contribution is 5.87. The maximum Gasteiger partial charge on any atom is 0.134 e. The molecule has 2 aromatic rings. The van der Waals surface area contributed by atoms with Crippen LogP contribution in [-0.2, 0) is 0 Å². The average molecular weight is 195 g/mol. The van der Waals surface area contributed by atoms with Gasteiger partial charge in [-0.15, -0.1) is 0 Å². The first-order valence-corrected chi connectivity index (χ1v) is 5.05. The van der Waals surface area contributed by atoms with E-state index in [1.807, 2.05) is 12.1 Å². The van der Waals surface area contributed by atoms with Crippen LogP contribution in [0.15, 0.2) is 52.7 Å². The van der Waals surface area contributed by atoms with Crippen molar-refractivity contribution in [3.05, 3.63) is 71.5 Å². The van der Waals surface area contributed by atoms with Gasteiger partial charge in [0, 0.05) is 12.0 Å². The van der Waals surface area contributed by atoms with Crippen LogP contribution >= 0.6 is 0 Å². The minimum absolute atomic E-state index is 0.953. The van der Waals surface area contributed by atoms with E-state index in [1.54, 1.807) is 6.26 Å². The van der Waals surface area contributed by atoms with Crippen molar-refractivity contribution in [2.24, 2.45) is 0 Å². The fourth-order valence-corrected chi connectivity index (χ4v) is 2.12. The van der Waals surface area contributed by atoms with E-state index in [0.29, 0.717) is 0 Å². The number of rotatable bonds is 1. The summed E-state index contributed by atoms with van der Waals surface area (Å²) in [6.07, 6.45) is 3.92. The van der Waals surface area contributed by atoms with Gasteiger partial charge in [-0.2, -0.15) is 0 Å². The van der Waals surface area contributed by atoms with Gasteiger partial charge in [0.1, 0.15) is 5.76 Å². The van der Waals surface area contributed by atoms with Gasteiger partial charge in [-0.3, -0.25) is 0 Å². The number of furan rings is 1. The summed E-state index contributed by atoms with van der Waals surface area (Å²) in [5.41, 5.74) is 5.04. The molecule has 0 fully saturated rings. The van der Waals surface area contributed by atoms with E-state index in [1.165, 1.54) is 22.3 Å². The van der Waals surface area contributed by atoms with E-state index in [2.05, 4.69) is 37.6 Å². The summed E-state index contributed by atoms with van der Waals surface area (Å²) in [7, 11) is 0. The van der Waals surface area contributed by atoms with Crippen molar-refractivity contribution in [3.8, 4) is 0 Å². The Morgan fingerprint density at radius 1 is 1.00 bits per heavy atom. The number of hydrogen-bond acceptors (Lipinski definition) is 1. The number of benzene rings is 1. The zero-order chi connectivity index (χ0) is 10.3. The first-order valence-electron chi connectivity index (χ1n) is 5.05. The second-order valence-corrected chi connectivity index (χ2v) is 3.77. The third-order valence-corrected chi connectivity index (χ3v) is 2.76. The Morgan fingerprint density at radius 3 is 2.67 bits per heavy atom. The van der Waals surface area contributed by atoms with E-state index in [4.69, 9.17) is 4.42 Å². The minimum atomic E-state index is 0.953. The highest BCUT2D eigenvalue weighted by Crippen LogP contribution is 2.38. The van der Waals surface area contributed by atoms with Gasteiger partial charge in [-0.05, 0) is 30.2 Å². The molecule has 73 valence electrons. The molecule has 15 heavy (non-hydrogen) atoms. The summed E-state index contributed by atoms with van der Waals surface area (Å²) in [6.45, 7) is 2.12. The Labute approximate surface area is 89.0 Å². The van der Waals surface area contributed by atoms with Crippen LogP contribution in [-0.4, -0.2) is 0 Å². The average Bonchev–Trinajstić information content (AvgIpc) is 2.82. The summed E-state index contributed by atoms with van der Waals surface area (Å²) >= 11 is 0. The second kappa shape index (κ2) is 3.13. The van der Waals surface area contributed by atoms with E-state index < -0.39 is 0 Å². The van der Waals surface area contributed by atoms with Crippen molar-refractivity contribution in [3.63, 3.8) is 0 Å². The Hall–Kier alpha value is -1.76. The lowest BCUT2D eigenvalue weighted by Gasteiger charge is -2.02.